The summed E-state index contributed by atoms with van der Waals surface area (Å²) in [6.07, 6.45) is 3.98. The predicted octanol–water partition coefficient (Wildman–Crippen LogP) is 3.63. The molecule has 0 unspecified atom stereocenters. The summed E-state index contributed by atoms with van der Waals surface area (Å²) in [4.78, 5) is 5.45. The number of nitriles is 1. The monoisotopic (exact) mass is 228 g/mol. The Kier molecular flexibility index (Phi) is 3.33. The zero-order valence-electron chi connectivity index (χ0n) is 9.10. The highest BCUT2D eigenvalue weighted by Gasteiger charge is 2.07. The summed E-state index contributed by atoms with van der Waals surface area (Å²) in [5, 5.41) is 10.2. The summed E-state index contributed by atoms with van der Waals surface area (Å²) in [7, 11) is 0. The summed E-state index contributed by atoms with van der Waals surface area (Å²) in [6.45, 7) is 2.14. The maximum absolute atomic E-state index is 9.02. The number of thiazole rings is 1. The van der Waals surface area contributed by atoms with Crippen molar-refractivity contribution < 1.29 is 0 Å². The molecule has 1 aromatic carbocycles. The second-order valence-corrected chi connectivity index (χ2v) is 4.64. The van der Waals surface area contributed by atoms with Crippen molar-refractivity contribution in [1.29, 1.82) is 5.26 Å². The fourth-order valence-electron chi connectivity index (χ4n) is 1.56. The van der Waals surface area contributed by atoms with Crippen LogP contribution in [-0.2, 0) is 6.42 Å². The number of hydrogen-bond donors (Lipinski definition) is 0. The van der Waals surface area contributed by atoms with Crippen LogP contribution in [0.5, 0.6) is 0 Å². The Hall–Kier alpha value is -1.66. The van der Waals surface area contributed by atoms with E-state index >= 15 is 0 Å². The number of aromatic nitrogens is 1. The van der Waals surface area contributed by atoms with E-state index in [1.165, 1.54) is 0 Å². The van der Waals surface area contributed by atoms with Gasteiger partial charge in [-0.1, -0.05) is 25.1 Å². The molecule has 0 fully saturated rings. The predicted molar refractivity (Wildman–Crippen MR) is 66.3 cm³/mol. The van der Waals surface area contributed by atoms with Crippen LogP contribution in [0.2, 0.25) is 0 Å². The topological polar surface area (TPSA) is 36.7 Å². The van der Waals surface area contributed by atoms with Gasteiger partial charge in [0.25, 0.3) is 0 Å². The molecule has 2 nitrogen and oxygen atoms in total. The Morgan fingerprint density at radius 2 is 2.19 bits per heavy atom. The smallest absolute Gasteiger partial charge is 0.0998 e. The second-order valence-electron chi connectivity index (χ2n) is 3.53. The molecule has 0 aliphatic heterocycles. The summed E-state index contributed by atoms with van der Waals surface area (Å²) in [5.74, 6) is 0. The van der Waals surface area contributed by atoms with E-state index in [1.54, 1.807) is 11.3 Å². The van der Waals surface area contributed by atoms with Crippen LogP contribution in [0.25, 0.3) is 10.4 Å². The molecule has 80 valence electrons. The Morgan fingerprint density at radius 1 is 1.38 bits per heavy atom. The largest absolute Gasteiger partial charge is 0.249 e. The Balaban J connectivity index is 2.39. The molecule has 1 heterocycles. The highest BCUT2D eigenvalue weighted by Crippen LogP contribution is 2.29. The average molecular weight is 228 g/mol. The van der Waals surface area contributed by atoms with Crippen molar-refractivity contribution in [3.63, 3.8) is 0 Å². The minimum atomic E-state index is 0.717. The van der Waals surface area contributed by atoms with Crippen LogP contribution in [0.3, 0.4) is 0 Å². The van der Waals surface area contributed by atoms with Gasteiger partial charge >= 0.3 is 0 Å². The Labute approximate surface area is 99.2 Å². The molecule has 16 heavy (non-hydrogen) atoms. The maximum Gasteiger partial charge on any atom is 0.0998 e. The molecule has 0 aliphatic carbocycles. The van der Waals surface area contributed by atoms with Gasteiger partial charge in [-0.3, -0.25) is 0 Å². The van der Waals surface area contributed by atoms with Crippen LogP contribution in [0.4, 0.5) is 0 Å². The lowest BCUT2D eigenvalue weighted by Gasteiger charge is -1.98. The van der Waals surface area contributed by atoms with E-state index in [1.807, 2.05) is 30.5 Å². The number of nitrogens with zero attached hydrogens (tertiary/aromatic N) is 2. The average Bonchev–Trinajstić information content (AvgIpc) is 2.78. The fourth-order valence-corrected chi connectivity index (χ4v) is 2.62. The summed E-state index contributed by atoms with van der Waals surface area (Å²) in [6, 6.07) is 9.87. The molecule has 1 aromatic heterocycles. The fraction of sp³-hybridized carbons (Fsp3) is 0.231. The third-order valence-corrected chi connectivity index (χ3v) is 3.42. The summed E-state index contributed by atoms with van der Waals surface area (Å²) < 4.78 is 0. The first-order valence-electron chi connectivity index (χ1n) is 5.29. The van der Waals surface area contributed by atoms with Gasteiger partial charge in [-0.15, -0.1) is 11.3 Å². The number of hydrogen-bond acceptors (Lipinski definition) is 3. The van der Waals surface area contributed by atoms with Crippen LogP contribution in [-0.4, -0.2) is 4.98 Å². The van der Waals surface area contributed by atoms with Crippen molar-refractivity contribution >= 4 is 11.3 Å². The lowest BCUT2D eigenvalue weighted by molar-refractivity contribution is 0.909. The number of rotatable bonds is 3. The van der Waals surface area contributed by atoms with E-state index in [9.17, 15) is 0 Å². The first kappa shape index (κ1) is 10.8. The maximum atomic E-state index is 9.02. The van der Waals surface area contributed by atoms with E-state index in [0.29, 0.717) is 5.56 Å². The van der Waals surface area contributed by atoms with Gasteiger partial charge in [0.15, 0.2) is 0 Å². The molecule has 0 bridgehead atoms. The van der Waals surface area contributed by atoms with Crippen molar-refractivity contribution in [2.24, 2.45) is 0 Å². The highest BCUT2D eigenvalue weighted by molar-refractivity contribution is 7.15. The molecular formula is C13H12N2S. The Bertz CT molecular complexity index is 523. The Morgan fingerprint density at radius 3 is 2.94 bits per heavy atom. The molecule has 0 aliphatic rings. The molecule has 0 saturated heterocycles. The molecule has 3 heteroatoms. The van der Waals surface area contributed by atoms with Gasteiger partial charge in [0, 0.05) is 11.8 Å². The third-order valence-electron chi connectivity index (χ3n) is 2.33. The minimum Gasteiger partial charge on any atom is -0.249 e. The lowest BCUT2D eigenvalue weighted by atomic mass is 10.1. The first-order valence-corrected chi connectivity index (χ1v) is 6.11. The van der Waals surface area contributed by atoms with Crippen molar-refractivity contribution in [3.05, 3.63) is 41.0 Å². The second kappa shape index (κ2) is 4.91. The van der Waals surface area contributed by atoms with E-state index in [-0.39, 0.29) is 0 Å². The van der Waals surface area contributed by atoms with Crippen LogP contribution in [0.1, 0.15) is 23.9 Å². The standard InChI is InChI=1S/C13H12N2S/c1-2-5-13-15-9-12(16-13)11-7-4-3-6-10(11)8-14/h3-4,6-7,9H,2,5H2,1H3. The van der Waals surface area contributed by atoms with Crippen LogP contribution < -0.4 is 0 Å². The van der Waals surface area contributed by atoms with E-state index in [2.05, 4.69) is 18.0 Å². The van der Waals surface area contributed by atoms with Gasteiger partial charge in [0.2, 0.25) is 0 Å². The van der Waals surface area contributed by atoms with Gasteiger partial charge in [-0.25, -0.2) is 4.98 Å². The van der Waals surface area contributed by atoms with Crippen molar-refractivity contribution in [3.8, 4) is 16.5 Å². The molecule has 0 radical (unpaired) electrons. The van der Waals surface area contributed by atoms with E-state index in [4.69, 9.17) is 5.26 Å². The number of aryl methyl sites for hydroxylation is 1. The van der Waals surface area contributed by atoms with Gasteiger partial charge in [-0.2, -0.15) is 5.26 Å². The third kappa shape index (κ3) is 2.12. The van der Waals surface area contributed by atoms with E-state index < -0.39 is 0 Å². The normalized spacial score (nSPS) is 10.0. The van der Waals surface area contributed by atoms with Crippen molar-refractivity contribution in [2.45, 2.75) is 19.8 Å². The summed E-state index contributed by atoms with van der Waals surface area (Å²) in [5.41, 5.74) is 1.71. The molecule has 0 N–H and O–H groups in total. The molecule has 0 spiro atoms. The molecule has 0 atom stereocenters. The van der Waals surface area contributed by atoms with E-state index in [0.717, 1.165) is 28.3 Å². The lowest BCUT2D eigenvalue weighted by Crippen LogP contribution is -1.79. The van der Waals surface area contributed by atoms with Gasteiger partial charge in [0.05, 0.1) is 21.5 Å². The molecular weight excluding hydrogens is 216 g/mol. The van der Waals surface area contributed by atoms with Crippen molar-refractivity contribution in [2.75, 3.05) is 0 Å². The quantitative estimate of drug-likeness (QED) is 0.804. The SMILES string of the molecule is CCCc1ncc(-c2ccccc2C#N)s1. The first-order chi connectivity index (χ1) is 7.85. The van der Waals surface area contributed by atoms with Crippen LogP contribution in [0.15, 0.2) is 30.5 Å². The van der Waals surface area contributed by atoms with Crippen molar-refractivity contribution in [1.82, 2.24) is 4.98 Å². The highest BCUT2D eigenvalue weighted by atomic mass is 32.1. The molecule has 0 saturated carbocycles. The summed E-state index contributed by atoms with van der Waals surface area (Å²) >= 11 is 1.68. The zero-order valence-corrected chi connectivity index (χ0v) is 9.92. The molecule has 2 aromatic rings. The molecule has 2 rings (SSSR count). The molecule has 0 amide bonds. The van der Waals surface area contributed by atoms with Gasteiger partial charge in [-0.05, 0) is 18.9 Å². The zero-order chi connectivity index (χ0) is 11.4. The number of benzene rings is 1. The van der Waals surface area contributed by atoms with Crippen LogP contribution >= 0.6 is 11.3 Å². The van der Waals surface area contributed by atoms with Crippen LogP contribution in [0, 0.1) is 11.3 Å². The van der Waals surface area contributed by atoms with Gasteiger partial charge < -0.3 is 0 Å². The minimum absolute atomic E-state index is 0.717. The van der Waals surface area contributed by atoms with Gasteiger partial charge in [0.1, 0.15) is 0 Å².